The lowest BCUT2D eigenvalue weighted by molar-refractivity contribution is -0.166. The molecule has 2 unspecified atom stereocenters. The van der Waals surface area contributed by atoms with E-state index in [1.54, 1.807) is 19.9 Å². The number of halogens is 1. The average Bonchev–Trinajstić information content (AvgIpc) is 3.47. The Labute approximate surface area is 288 Å². The summed E-state index contributed by atoms with van der Waals surface area (Å²) in [5, 5.41) is 5.11. The average molecular weight is 671 g/mol. The molecule has 6 bridgehead atoms. The number of benzene rings is 2. The molecule has 0 radical (unpaired) electrons. The van der Waals surface area contributed by atoms with Crippen molar-refractivity contribution in [1.82, 2.24) is 14.6 Å². The van der Waals surface area contributed by atoms with Gasteiger partial charge in [0, 0.05) is 30.4 Å². The van der Waals surface area contributed by atoms with Gasteiger partial charge in [0.25, 0.3) is 0 Å². The van der Waals surface area contributed by atoms with Crippen LogP contribution in [0.2, 0.25) is 0 Å². The van der Waals surface area contributed by atoms with Crippen LogP contribution in [-0.4, -0.2) is 64.2 Å². The number of aryl methyl sites for hydroxylation is 2. The second-order valence-corrected chi connectivity index (χ2v) is 14.2. The number of esters is 1. The highest BCUT2D eigenvalue weighted by atomic mass is 19.1. The Balaban J connectivity index is 1.58. The summed E-state index contributed by atoms with van der Waals surface area (Å²) in [4.78, 5) is 20.8. The van der Waals surface area contributed by atoms with E-state index in [1.807, 2.05) is 87.7 Å². The second kappa shape index (κ2) is 13.6. The summed E-state index contributed by atoms with van der Waals surface area (Å²) in [6.07, 6.45) is 4.08. The van der Waals surface area contributed by atoms with Crippen LogP contribution >= 0.6 is 0 Å². The third-order valence-corrected chi connectivity index (χ3v) is 9.15. The molecule has 4 aromatic rings. The number of hydrogen-bond donors (Lipinski definition) is 0. The Morgan fingerprint density at radius 2 is 1.86 bits per heavy atom. The van der Waals surface area contributed by atoms with Crippen LogP contribution in [0.15, 0.2) is 54.6 Å². The topological polar surface area (TPSA) is 87.4 Å². The van der Waals surface area contributed by atoms with Crippen molar-refractivity contribution in [2.45, 2.75) is 91.6 Å². The Morgan fingerprint density at radius 1 is 1.12 bits per heavy atom. The number of nitrogens with zero attached hydrogens (tertiary/aromatic N) is 4. The Kier molecular flexibility index (Phi) is 9.57. The summed E-state index contributed by atoms with van der Waals surface area (Å²) in [6.45, 7) is 17.2. The Hall–Kier alpha value is -4.28. The summed E-state index contributed by atoms with van der Waals surface area (Å²) >= 11 is 0. The quantitative estimate of drug-likeness (QED) is 0.160. The maximum atomic E-state index is 15.9. The lowest BCUT2D eigenvalue weighted by atomic mass is 9.92. The predicted molar refractivity (Wildman–Crippen MR) is 189 cm³/mol. The van der Waals surface area contributed by atoms with Gasteiger partial charge in [-0.2, -0.15) is 9.61 Å². The van der Waals surface area contributed by atoms with Crippen molar-refractivity contribution in [2.75, 3.05) is 31.2 Å². The molecule has 9 nitrogen and oxygen atoms in total. The van der Waals surface area contributed by atoms with E-state index < -0.39 is 17.7 Å². The number of carbonyl (C=O) groups is 1. The fraction of sp³-hybridized carbons (Fsp3) is 0.462. The van der Waals surface area contributed by atoms with E-state index in [0.29, 0.717) is 64.7 Å². The Morgan fingerprint density at radius 3 is 2.57 bits per heavy atom. The van der Waals surface area contributed by atoms with Gasteiger partial charge in [0.05, 0.1) is 41.2 Å². The predicted octanol–water partition coefficient (Wildman–Crippen LogP) is 7.95. The van der Waals surface area contributed by atoms with Crippen LogP contribution in [0.3, 0.4) is 0 Å². The third-order valence-electron chi connectivity index (χ3n) is 9.15. The molecule has 1 saturated heterocycles. The number of hydrogen-bond acceptors (Lipinski definition) is 8. The van der Waals surface area contributed by atoms with Crippen LogP contribution in [0.5, 0.6) is 5.75 Å². The van der Waals surface area contributed by atoms with E-state index >= 15 is 4.39 Å². The highest BCUT2D eigenvalue weighted by molar-refractivity contribution is 5.81. The van der Waals surface area contributed by atoms with Gasteiger partial charge in [-0.1, -0.05) is 30.3 Å². The number of anilines is 1. The fourth-order valence-corrected chi connectivity index (χ4v) is 6.60. The van der Waals surface area contributed by atoms with Crippen LogP contribution < -0.4 is 9.64 Å². The maximum absolute atomic E-state index is 15.9. The molecule has 3 aliphatic heterocycles. The van der Waals surface area contributed by atoms with E-state index in [-0.39, 0.29) is 24.1 Å². The zero-order valence-corrected chi connectivity index (χ0v) is 29.8. The van der Waals surface area contributed by atoms with E-state index in [4.69, 9.17) is 29.0 Å². The summed E-state index contributed by atoms with van der Waals surface area (Å²) in [5.41, 5.74) is 3.93. The standard InChI is InChI=1S/C39H47FN4O5/c1-9-46-37(45)35(49-38(5,6)7)32-26(4)41-31-23-29-27-13-10-14-28(22-27)33-30(16-15-24(2)34(33)40)48-25(3)12-11-21-47-39(8)17-19-43(20-18-39)36(32)44(31)42-29/h10-16,22-23,25,35H,9,17-21H2,1-8H3. The van der Waals surface area contributed by atoms with Crippen molar-refractivity contribution in [2.24, 2.45) is 0 Å². The van der Waals surface area contributed by atoms with Gasteiger partial charge < -0.3 is 23.8 Å². The molecule has 49 heavy (non-hydrogen) atoms. The van der Waals surface area contributed by atoms with Crippen molar-refractivity contribution in [3.8, 4) is 28.1 Å². The van der Waals surface area contributed by atoms with Gasteiger partial charge in [-0.05, 0) is 97.6 Å². The largest absolute Gasteiger partial charge is 0.486 e. The van der Waals surface area contributed by atoms with Crippen LogP contribution in [0.1, 0.15) is 77.3 Å². The van der Waals surface area contributed by atoms with Gasteiger partial charge in [-0.3, -0.25) is 0 Å². The van der Waals surface area contributed by atoms with Crippen LogP contribution in [0, 0.1) is 19.7 Å². The highest BCUT2D eigenvalue weighted by Gasteiger charge is 2.38. The first-order valence-electron chi connectivity index (χ1n) is 17.1. The molecule has 1 fully saturated rings. The number of carbonyl (C=O) groups excluding carboxylic acids is 1. The minimum Gasteiger partial charge on any atom is -0.486 e. The Bertz CT molecular complexity index is 1890. The summed E-state index contributed by atoms with van der Waals surface area (Å²) in [5.74, 6) is 0.386. The van der Waals surface area contributed by atoms with E-state index in [1.165, 1.54) is 0 Å². The number of piperidine rings is 1. The van der Waals surface area contributed by atoms with Crippen LogP contribution in [0.4, 0.5) is 10.2 Å². The number of aromatic nitrogens is 3. The number of ether oxygens (including phenoxy) is 4. The second-order valence-electron chi connectivity index (χ2n) is 14.2. The normalized spacial score (nSPS) is 20.3. The lowest BCUT2D eigenvalue weighted by Crippen LogP contribution is -2.45. The van der Waals surface area contributed by atoms with E-state index in [2.05, 4.69) is 11.8 Å². The van der Waals surface area contributed by atoms with Gasteiger partial charge >= 0.3 is 5.97 Å². The highest BCUT2D eigenvalue weighted by Crippen LogP contribution is 2.40. The molecule has 2 atom stereocenters. The summed E-state index contributed by atoms with van der Waals surface area (Å²) < 4.78 is 42.5. The summed E-state index contributed by atoms with van der Waals surface area (Å²) in [7, 11) is 0. The molecule has 0 N–H and O–H groups in total. The fourth-order valence-electron chi connectivity index (χ4n) is 6.60. The molecule has 5 heterocycles. The maximum Gasteiger partial charge on any atom is 0.340 e. The molecule has 0 saturated carbocycles. The van der Waals surface area contributed by atoms with Gasteiger partial charge in [-0.15, -0.1) is 0 Å². The first-order valence-corrected chi connectivity index (χ1v) is 17.1. The zero-order chi connectivity index (χ0) is 35.1. The molecule has 2 aromatic carbocycles. The molecular weight excluding hydrogens is 623 g/mol. The van der Waals surface area contributed by atoms with Gasteiger partial charge in [0.15, 0.2) is 11.8 Å². The van der Waals surface area contributed by atoms with Crippen molar-refractivity contribution in [3.63, 3.8) is 0 Å². The number of fused-ring (bicyclic) bond motifs is 6. The first kappa shape index (κ1) is 34.6. The van der Waals surface area contributed by atoms with Crippen LogP contribution in [-0.2, 0) is 19.0 Å². The van der Waals surface area contributed by atoms with Gasteiger partial charge in [-0.25, -0.2) is 14.2 Å². The molecule has 0 aliphatic carbocycles. The molecule has 0 spiro atoms. The molecule has 10 heteroatoms. The third kappa shape index (κ3) is 7.21. The zero-order valence-electron chi connectivity index (χ0n) is 29.8. The van der Waals surface area contributed by atoms with Gasteiger partial charge in [0.1, 0.15) is 23.5 Å². The molecule has 2 aromatic heterocycles. The summed E-state index contributed by atoms with van der Waals surface area (Å²) in [6, 6.07) is 13.1. The smallest absolute Gasteiger partial charge is 0.340 e. The van der Waals surface area contributed by atoms with Crippen molar-refractivity contribution < 1.29 is 28.1 Å². The minimum atomic E-state index is -1.02. The van der Waals surface area contributed by atoms with Crippen molar-refractivity contribution in [1.29, 1.82) is 0 Å². The molecule has 7 rings (SSSR count). The minimum absolute atomic E-state index is 0.218. The van der Waals surface area contributed by atoms with Crippen molar-refractivity contribution >= 4 is 17.4 Å². The molecule has 3 aliphatic rings. The van der Waals surface area contributed by atoms with E-state index in [9.17, 15) is 4.79 Å². The molecular formula is C39H47FN4O5. The lowest BCUT2D eigenvalue weighted by Gasteiger charge is -2.41. The SMILES string of the molecule is CCOC(=O)C(OC(C)(C)C)c1c(C)nc2cc3nn2c1N1CCC(C)(CC1)OCC=CC(C)Oc1ccc(C)c(F)c1-c1cccc-3c1. The molecule has 0 amide bonds. The van der Waals surface area contributed by atoms with Crippen molar-refractivity contribution in [3.05, 3.63) is 77.3 Å². The molecule has 260 valence electrons. The van der Waals surface area contributed by atoms with E-state index in [0.717, 1.165) is 24.2 Å². The van der Waals surface area contributed by atoms with Gasteiger partial charge in [0.2, 0.25) is 0 Å². The monoisotopic (exact) mass is 670 g/mol. The number of rotatable bonds is 4. The first-order chi connectivity index (χ1) is 23.3. The van der Waals surface area contributed by atoms with Crippen LogP contribution in [0.25, 0.3) is 28.0 Å².